The highest BCUT2D eigenvalue weighted by atomic mass is 35.5. The van der Waals surface area contributed by atoms with Crippen molar-refractivity contribution >= 4 is 18.3 Å². The van der Waals surface area contributed by atoms with E-state index in [4.69, 9.17) is 10.5 Å². The van der Waals surface area contributed by atoms with Gasteiger partial charge in [0.15, 0.2) is 0 Å². The molecule has 1 amide bonds. The van der Waals surface area contributed by atoms with Crippen LogP contribution in [0.1, 0.15) is 30.1 Å². The molecule has 102 valence electrons. The van der Waals surface area contributed by atoms with Gasteiger partial charge >= 0.3 is 0 Å². The van der Waals surface area contributed by atoms with Crippen molar-refractivity contribution in [1.82, 2.24) is 5.32 Å². The number of unbranched alkanes of at least 4 members (excludes halogenated alkanes) is 1. The number of carbonyl (C=O) groups excluding carboxylic acids is 1. The number of ether oxygens (including phenoxy) is 1. The summed E-state index contributed by atoms with van der Waals surface area (Å²) in [6.45, 7) is 3.76. The predicted molar refractivity (Wildman–Crippen MR) is 75.5 cm³/mol. The fourth-order valence-corrected chi connectivity index (χ4v) is 1.50. The Balaban J connectivity index is 0.00000289. The second kappa shape index (κ2) is 9.74. The molecule has 0 aromatic heterocycles. The zero-order valence-electron chi connectivity index (χ0n) is 10.6. The van der Waals surface area contributed by atoms with E-state index in [0.29, 0.717) is 31.0 Å². The van der Waals surface area contributed by atoms with Gasteiger partial charge in [-0.3, -0.25) is 4.79 Å². The molecule has 3 N–H and O–H groups in total. The van der Waals surface area contributed by atoms with Gasteiger partial charge in [0.2, 0.25) is 0 Å². The monoisotopic (exact) mass is 272 g/mol. The van der Waals surface area contributed by atoms with Gasteiger partial charge in [-0.25, -0.2) is 0 Å². The van der Waals surface area contributed by atoms with Crippen molar-refractivity contribution in [3.63, 3.8) is 0 Å². The van der Waals surface area contributed by atoms with Crippen LogP contribution in [-0.2, 0) is 0 Å². The van der Waals surface area contributed by atoms with E-state index >= 15 is 0 Å². The first-order valence-corrected chi connectivity index (χ1v) is 5.99. The van der Waals surface area contributed by atoms with Gasteiger partial charge in [0.25, 0.3) is 5.91 Å². The molecule has 0 fully saturated rings. The highest BCUT2D eigenvalue weighted by Crippen LogP contribution is 2.17. The van der Waals surface area contributed by atoms with Gasteiger partial charge in [-0.1, -0.05) is 12.1 Å². The van der Waals surface area contributed by atoms with Crippen molar-refractivity contribution in [3.8, 4) is 5.75 Å². The van der Waals surface area contributed by atoms with Gasteiger partial charge in [-0.2, -0.15) is 0 Å². The van der Waals surface area contributed by atoms with Crippen LogP contribution in [0.25, 0.3) is 0 Å². The molecule has 18 heavy (non-hydrogen) atoms. The summed E-state index contributed by atoms with van der Waals surface area (Å²) < 4.78 is 5.40. The molecule has 0 aliphatic heterocycles. The highest BCUT2D eigenvalue weighted by Gasteiger charge is 2.10. The summed E-state index contributed by atoms with van der Waals surface area (Å²) in [5.41, 5.74) is 5.97. The lowest BCUT2D eigenvalue weighted by atomic mass is 10.2. The smallest absolute Gasteiger partial charge is 0.255 e. The average molecular weight is 273 g/mol. The number of nitrogens with two attached hydrogens (primary N) is 1. The number of para-hydroxylation sites is 1. The first kappa shape index (κ1) is 16.7. The van der Waals surface area contributed by atoms with Crippen molar-refractivity contribution < 1.29 is 9.53 Å². The van der Waals surface area contributed by atoms with E-state index in [1.165, 1.54) is 0 Å². The third kappa shape index (κ3) is 5.38. The molecule has 5 heteroatoms. The van der Waals surface area contributed by atoms with E-state index in [9.17, 15) is 4.79 Å². The molecule has 0 unspecified atom stereocenters. The number of amides is 1. The molecule has 0 saturated carbocycles. The first-order chi connectivity index (χ1) is 8.29. The quantitative estimate of drug-likeness (QED) is 0.746. The number of hydrogen-bond donors (Lipinski definition) is 2. The standard InChI is InChI=1S/C13H20N2O2.ClH/c1-2-17-12-8-4-3-7-11(12)13(16)15-10-6-5-9-14;/h3-4,7-8H,2,5-6,9-10,14H2,1H3,(H,15,16);1H. The second-order valence-electron chi connectivity index (χ2n) is 3.68. The molecule has 0 heterocycles. The summed E-state index contributed by atoms with van der Waals surface area (Å²) in [6.07, 6.45) is 1.83. The lowest BCUT2D eigenvalue weighted by molar-refractivity contribution is 0.0949. The largest absolute Gasteiger partial charge is 0.493 e. The fraction of sp³-hybridized carbons (Fsp3) is 0.462. The minimum absolute atomic E-state index is 0. The topological polar surface area (TPSA) is 64.3 Å². The summed E-state index contributed by atoms with van der Waals surface area (Å²) in [7, 11) is 0. The Morgan fingerprint density at radius 2 is 2.06 bits per heavy atom. The predicted octanol–water partition coefficient (Wildman–Crippen LogP) is 1.98. The number of halogens is 1. The zero-order chi connectivity index (χ0) is 12.5. The molecule has 0 aliphatic rings. The lowest BCUT2D eigenvalue weighted by Crippen LogP contribution is -2.25. The van der Waals surface area contributed by atoms with Crippen molar-refractivity contribution in [3.05, 3.63) is 29.8 Å². The second-order valence-corrected chi connectivity index (χ2v) is 3.68. The van der Waals surface area contributed by atoms with Crippen molar-refractivity contribution in [2.24, 2.45) is 5.73 Å². The SMILES string of the molecule is CCOc1ccccc1C(=O)NCCCCN.Cl. The van der Waals surface area contributed by atoms with Crippen LogP contribution >= 0.6 is 12.4 Å². The molecule has 1 aromatic carbocycles. The van der Waals surface area contributed by atoms with Crippen LogP contribution in [0.4, 0.5) is 0 Å². The van der Waals surface area contributed by atoms with E-state index in [0.717, 1.165) is 12.8 Å². The zero-order valence-corrected chi connectivity index (χ0v) is 11.5. The molecule has 0 bridgehead atoms. The number of benzene rings is 1. The van der Waals surface area contributed by atoms with Crippen LogP contribution in [0.15, 0.2) is 24.3 Å². The Morgan fingerprint density at radius 3 is 2.72 bits per heavy atom. The van der Waals surface area contributed by atoms with Gasteiger partial charge in [-0.05, 0) is 38.4 Å². The maximum Gasteiger partial charge on any atom is 0.255 e. The van der Waals surface area contributed by atoms with Crippen LogP contribution in [0.3, 0.4) is 0 Å². The van der Waals surface area contributed by atoms with Crippen molar-refractivity contribution in [1.29, 1.82) is 0 Å². The molecule has 0 aliphatic carbocycles. The van der Waals surface area contributed by atoms with Crippen LogP contribution in [-0.4, -0.2) is 25.6 Å². The first-order valence-electron chi connectivity index (χ1n) is 5.99. The van der Waals surface area contributed by atoms with Crippen molar-refractivity contribution in [2.45, 2.75) is 19.8 Å². The highest BCUT2D eigenvalue weighted by molar-refractivity contribution is 5.96. The Labute approximate surface area is 114 Å². The molecule has 4 nitrogen and oxygen atoms in total. The fourth-order valence-electron chi connectivity index (χ4n) is 1.50. The van der Waals surface area contributed by atoms with Gasteiger partial charge < -0.3 is 15.8 Å². The molecule has 0 spiro atoms. The van der Waals surface area contributed by atoms with E-state index in [-0.39, 0.29) is 18.3 Å². The number of hydrogen-bond acceptors (Lipinski definition) is 3. The maximum absolute atomic E-state index is 11.9. The minimum atomic E-state index is -0.0916. The summed E-state index contributed by atoms with van der Waals surface area (Å²) >= 11 is 0. The van der Waals surface area contributed by atoms with E-state index in [1.54, 1.807) is 12.1 Å². The molecule has 0 atom stereocenters. The number of carbonyl (C=O) groups is 1. The molecule has 0 saturated heterocycles. The van der Waals surface area contributed by atoms with Crippen LogP contribution in [0.2, 0.25) is 0 Å². The van der Waals surface area contributed by atoms with E-state index in [2.05, 4.69) is 5.32 Å². The van der Waals surface area contributed by atoms with E-state index < -0.39 is 0 Å². The Kier molecular flexibility index (Phi) is 9.06. The molecule has 1 aromatic rings. The summed E-state index contributed by atoms with van der Waals surface area (Å²) in [6, 6.07) is 7.26. The third-order valence-electron chi connectivity index (χ3n) is 2.35. The number of nitrogens with one attached hydrogen (secondary N) is 1. The summed E-state index contributed by atoms with van der Waals surface area (Å²) in [5.74, 6) is 0.539. The summed E-state index contributed by atoms with van der Waals surface area (Å²) in [4.78, 5) is 11.9. The Bertz CT molecular complexity index is 359. The minimum Gasteiger partial charge on any atom is -0.493 e. The van der Waals surface area contributed by atoms with Crippen LogP contribution in [0.5, 0.6) is 5.75 Å². The van der Waals surface area contributed by atoms with Gasteiger partial charge in [-0.15, -0.1) is 12.4 Å². The summed E-state index contributed by atoms with van der Waals surface area (Å²) in [5, 5.41) is 2.86. The van der Waals surface area contributed by atoms with Crippen LogP contribution in [0, 0.1) is 0 Å². The van der Waals surface area contributed by atoms with Gasteiger partial charge in [0.05, 0.1) is 12.2 Å². The molecular weight excluding hydrogens is 252 g/mol. The van der Waals surface area contributed by atoms with Gasteiger partial charge in [0.1, 0.15) is 5.75 Å². The lowest BCUT2D eigenvalue weighted by Gasteiger charge is -2.10. The van der Waals surface area contributed by atoms with Crippen LogP contribution < -0.4 is 15.8 Å². The molecule has 1 rings (SSSR count). The maximum atomic E-state index is 11.9. The van der Waals surface area contributed by atoms with Crippen molar-refractivity contribution in [2.75, 3.05) is 19.7 Å². The normalized spacial score (nSPS) is 9.44. The Hall–Kier alpha value is -1.26. The Morgan fingerprint density at radius 1 is 1.33 bits per heavy atom. The van der Waals surface area contributed by atoms with Gasteiger partial charge in [0, 0.05) is 6.54 Å². The molecular formula is C13H21ClN2O2. The number of rotatable bonds is 7. The third-order valence-corrected chi connectivity index (χ3v) is 2.35. The molecule has 0 radical (unpaired) electrons. The van der Waals surface area contributed by atoms with E-state index in [1.807, 2.05) is 19.1 Å². The average Bonchev–Trinajstić information content (AvgIpc) is 2.35.